The number of thioether (sulfide) groups is 1. The summed E-state index contributed by atoms with van der Waals surface area (Å²) < 4.78 is 0.161. The van der Waals surface area contributed by atoms with Crippen LogP contribution < -0.4 is 5.32 Å². The van der Waals surface area contributed by atoms with Crippen LogP contribution >= 0.6 is 11.8 Å². The lowest BCUT2D eigenvalue weighted by atomic mass is 9.95. The highest BCUT2D eigenvalue weighted by molar-refractivity contribution is 7.99. The van der Waals surface area contributed by atoms with Crippen LogP contribution in [0.25, 0.3) is 0 Å². The van der Waals surface area contributed by atoms with Gasteiger partial charge in [-0.3, -0.25) is 4.79 Å². The van der Waals surface area contributed by atoms with Crippen molar-refractivity contribution in [2.45, 2.75) is 58.5 Å². The van der Waals surface area contributed by atoms with Crippen molar-refractivity contribution in [3.05, 3.63) is 29.3 Å². The maximum Gasteiger partial charge on any atom is 0.229 e. The third kappa shape index (κ3) is 6.11. The highest BCUT2D eigenvalue weighted by Crippen LogP contribution is 2.30. The second-order valence-electron chi connectivity index (χ2n) is 7.42. The summed E-state index contributed by atoms with van der Waals surface area (Å²) in [6.07, 6.45) is 0.396. The van der Waals surface area contributed by atoms with Gasteiger partial charge in [-0.05, 0) is 23.3 Å². The first-order valence-corrected chi connectivity index (χ1v) is 8.45. The Morgan fingerprint density at radius 2 is 1.82 bits per heavy atom. The van der Waals surface area contributed by atoms with Crippen molar-refractivity contribution in [3.63, 3.8) is 0 Å². The van der Waals surface area contributed by atoms with E-state index in [0.717, 1.165) is 22.6 Å². The fraction of sp³-hybridized carbons (Fsp3) is 0.556. The maximum absolute atomic E-state index is 12.1. The van der Waals surface area contributed by atoms with E-state index in [1.165, 1.54) is 0 Å². The number of carbonyl (C=O) groups is 1. The molecule has 1 rings (SSSR count). The number of benzene rings is 1. The number of rotatable bonds is 4. The number of nitrogens with one attached hydrogen (secondary N) is 1. The molecule has 3 nitrogen and oxygen atoms in total. The zero-order chi connectivity index (χ0) is 17.0. The Morgan fingerprint density at radius 1 is 1.18 bits per heavy atom. The lowest BCUT2D eigenvalue weighted by molar-refractivity contribution is -0.123. The largest absolute Gasteiger partial charge is 0.326 e. The Hall–Kier alpha value is -1.47. The van der Waals surface area contributed by atoms with Crippen LogP contribution in [0.3, 0.4) is 0 Å². The number of hydrogen-bond acceptors (Lipinski definition) is 3. The molecular weight excluding hydrogens is 292 g/mol. The standard InChI is InChI=1S/C18H26N2OS/c1-17(2,3)16(21)20-15-8-7-13(9-10-19)14(11-15)12-22-18(4,5)6/h7-8,11H,9,12H2,1-6H3,(H,20,21). The van der Waals surface area contributed by atoms with Crippen molar-refractivity contribution in [1.29, 1.82) is 5.26 Å². The van der Waals surface area contributed by atoms with Crippen LogP contribution in [0.5, 0.6) is 0 Å². The zero-order valence-electron chi connectivity index (χ0n) is 14.4. The molecule has 1 amide bonds. The minimum absolute atomic E-state index is 0.00467. The summed E-state index contributed by atoms with van der Waals surface area (Å²) >= 11 is 1.84. The van der Waals surface area contributed by atoms with Crippen LogP contribution in [0.2, 0.25) is 0 Å². The molecule has 0 bridgehead atoms. The lowest BCUT2D eigenvalue weighted by Crippen LogP contribution is -2.27. The summed E-state index contributed by atoms with van der Waals surface area (Å²) in [7, 11) is 0. The van der Waals surface area contributed by atoms with Crippen molar-refractivity contribution in [2.75, 3.05) is 5.32 Å². The molecule has 0 fully saturated rings. The van der Waals surface area contributed by atoms with Gasteiger partial charge in [0, 0.05) is 21.6 Å². The fourth-order valence-corrected chi connectivity index (χ4v) is 2.57. The van der Waals surface area contributed by atoms with E-state index in [2.05, 4.69) is 32.2 Å². The van der Waals surface area contributed by atoms with Crippen LogP contribution in [0.15, 0.2) is 18.2 Å². The predicted molar refractivity (Wildman–Crippen MR) is 94.9 cm³/mol. The number of hydrogen-bond donors (Lipinski definition) is 1. The molecule has 0 aliphatic carbocycles. The van der Waals surface area contributed by atoms with E-state index < -0.39 is 5.41 Å². The van der Waals surface area contributed by atoms with E-state index in [-0.39, 0.29) is 10.7 Å². The van der Waals surface area contributed by atoms with Gasteiger partial charge < -0.3 is 5.32 Å². The second kappa shape index (κ2) is 7.19. The lowest BCUT2D eigenvalue weighted by Gasteiger charge is -2.20. The summed E-state index contributed by atoms with van der Waals surface area (Å²) in [5, 5.41) is 11.9. The van der Waals surface area contributed by atoms with Gasteiger partial charge in [-0.2, -0.15) is 17.0 Å². The molecule has 4 heteroatoms. The van der Waals surface area contributed by atoms with Crippen molar-refractivity contribution in [1.82, 2.24) is 0 Å². The Morgan fingerprint density at radius 3 is 2.32 bits per heavy atom. The molecule has 0 saturated carbocycles. The van der Waals surface area contributed by atoms with Crippen molar-refractivity contribution in [3.8, 4) is 6.07 Å². The summed E-state index contributed by atoms with van der Waals surface area (Å²) in [4.78, 5) is 12.1. The van der Waals surface area contributed by atoms with Crippen LogP contribution in [0.4, 0.5) is 5.69 Å². The molecule has 0 radical (unpaired) electrons. The molecule has 120 valence electrons. The molecule has 0 aliphatic rings. The molecule has 0 aromatic heterocycles. The Kier molecular flexibility index (Phi) is 6.08. The smallest absolute Gasteiger partial charge is 0.229 e. The van der Waals surface area contributed by atoms with E-state index >= 15 is 0 Å². The van der Waals surface area contributed by atoms with Gasteiger partial charge in [0.05, 0.1) is 12.5 Å². The number of amides is 1. The molecule has 0 saturated heterocycles. The van der Waals surface area contributed by atoms with Crippen LogP contribution in [-0.2, 0) is 17.0 Å². The molecule has 0 atom stereocenters. The van der Waals surface area contributed by atoms with Gasteiger partial charge in [-0.1, -0.05) is 47.6 Å². The SMILES string of the molecule is CC(C)(C)SCc1cc(NC(=O)C(C)(C)C)ccc1CC#N. The summed E-state index contributed by atoms with van der Waals surface area (Å²) in [6, 6.07) is 8.03. The quantitative estimate of drug-likeness (QED) is 0.870. The van der Waals surface area contributed by atoms with E-state index in [1.807, 2.05) is 50.7 Å². The van der Waals surface area contributed by atoms with Crippen molar-refractivity contribution in [2.24, 2.45) is 5.41 Å². The first-order chi connectivity index (χ1) is 10.0. The summed E-state index contributed by atoms with van der Waals surface area (Å²) in [6.45, 7) is 12.2. The number of carbonyl (C=O) groups excluding carboxylic acids is 1. The first kappa shape index (κ1) is 18.6. The highest BCUT2D eigenvalue weighted by Gasteiger charge is 2.21. The van der Waals surface area contributed by atoms with Crippen LogP contribution in [0.1, 0.15) is 52.7 Å². The Labute approximate surface area is 138 Å². The minimum atomic E-state index is -0.425. The second-order valence-corrected chi connectivity index (χ2v) is 9.23. The summed E-state index contributed by atoms with van der Waals surface area (Å²) in [5.74, 6) is 0.828. The van der Waals surface area contributed by atoms with Crippen LogP contribution in [-0.4, -0.2) is 10.7 Å². The molecule has 0 unspecified atom stereocenters. The van der Waals surface area contributed by atoms with Gasteiger partial charge in [-0.25, -0.2) is 0 Å². The molecule has 0 heterocycles. The number of anilines is 1. The summed E-state index contributed by atoms with van der Waals surface area (Å²) in [5.41, 5.74) is 2.53. The molecule has 1 aromatic carbocycles. The van der Waals surface area contributed by atoms with E-state index in [9.17, 15) is 4.79 Å². The normalized spacial score (nSPS) is 11.9. The van der Waals surface area contributed by atoms with Gasteiger partial charge in [-0.15, -0.1) is 0 Å². The third-order valence-corrected chi connectivity index (χ3v) is 4.40. The first-order valence-electron chi connectivity index (χ1n) is 7.47. The monoisotopic (exact) mass is 318 g/mol. The topological polar surface area (TPSA) is 52.9 Å². The van der Waals surface area contributed by atoms with E-state index in [1.54, 1.807) is 0 Å². The third-order valence-electron chi connectivity index (χ3n) is 3.08. The average molecular weight is 318 g/mol. The molecule has 0 spiro atoms. The van der Waals surface area contributed by atoms with Crippen molar-refractivity contribution >= 4 is 23.4 Å². The van der Waals surface area contributed by atoms with Gasteiger partial charge in [0.15, 0.2) is 0 Å². The average Bonchev–Trinajstić information content (AvgIpc) is 2.37. The van der Waals surface area contributed by atoms with Crippen LogP contribution in [0, 0.1) is 16.7 Å². The van der Waals surface area contributed by atoms with Crippen molar-refractivity contribution < 1.29 is 4.79 Å². The molecule has 22 heavy (non-hydrogen) atoms. The Balaban J connectivity index is 2.99. The molecule has 1 N–H and O–H groups in total. The molecule has 0 aliphatic heterocycles. The highest BCUT2D eigenvalue weighted by atomic mass is 32.2. The predicted octanol–water partition coefficient (Wildman–Crippen LogP) is 4.77. The van der Waals surface area contributed by atoms with E-state index in [0.29, 0.717) is 6.42 Å². The Bertz CT molecular complexity index is 574. The van der Waals surface area contributed by atoms with Gasteiger partial charge in [0.25, 0.3) is 0 Å². The van der Waals surface area contributed by atoms with E-state index in [4.69, 9.17) is 5.26 Å². The zero-order valence-corrected chi connectivity index (χ0v) is 15.2. The fourth-order valence-electron chi connectivity index (χ4n) is 1.71. The maximum atomic E-state index is 12.1. The van der Waals surface area contributed by atoms with Gasteiger partial charge in [0.1, 0.15) is 0 Å². The molecule has 1 aromatic rings. The van der Waals surface area contributed by atoms with Gasteiger partial charge in [0.2, 0.25) is 5.91 Å². The number of nitriles is 1. The minimum Gasteiger partial charge on any atom is -0.326 e. The molecular formula is C18H26N2OS. The van der Waals surface area contributed by atoms with Gasteiger partial charge >= 0.3 is 0 Å². The number of nitrogens with zero attached hydrogens (tertiary/aromatic N) is 1.